The maximum Gasteiger partial charge on any atom is 0.269 e. The highest BCUT2D eigenvalue weighted by Crippen LogP contribution is 2.33. The summed E-state index contributed by atoms with van der Waals surface area (Å²) in [6, 6.07) is 11.3. The van der Waals surface area contributed by atoms with E-state index in [1.807, 2.05) is 18.2 Å². The molecule has 0 amide bonds. The molecule has 4 rings (SSSR count). The van der Waals surface area contributed by atoms with E-state index in [-0.39, 0.29) is 6.67 Å². The van der Waals surface area contributed by atoms with Gasteiger partial charge in [-0.3, -0.25) is 0 Å². The zero-order valence-corrected chi connectivity index (χ0v) is 12.6. The molecule has 2 heterocycles. The van der Waals surface area contributed by atoms with E-state index in [0.29, 0.717) is 11.8 Å². The monoisotopic (exact) mass is 333 g/mol. The molecule has 1 aliphatic rings. The molecule has 0 saturated heterocycles. The number of aromatic nitrogens is 1. The van der Waals surface area contributed by atoms with Crippen molar-refractivity contribution in [3.63, 3.8) is 0 Å². The first-order valence-electron chi connectivity index (χ1n) is 6.87. The van der Waals surface area contributed by atoms with E-state index in [2.05, 4.69) is 0 Å². The lowest BCUT2D eigenvalue weighted by Crippen LogP contribution is -2.40. The van der Waals surface area contributed by atoms with Gasteiger partial charge in [-0.2, -0.15) is 4.57 Å². The number of anilines is 1. The molecule has 2 aromatic carbocycles. The Morgan fingerprint density at radius 3 is 2.43 bits per heavy atom. The second-order valence-electron chi connectivity index (χ2n) is 5.29. The van der Waals surface area contributed by atoms with Crippen LogP contribution in [0.4, 0.5) is 14.5 Å². The van der Waals surface area contributed by atoms with Crippen LogP contribution in [0.5, 0.6) is 0 Å². The molecule has 0 atom stereocenters. The molecule has 0 fully saturated rings. The van der Waals surface area contributed by atoms with Gasteiger partial charge in [-0.15, -0.1) is 0 Å². The fourth-order valence-electron chi connectivity index (χ4n) is 2.87. The SMILES string of the molecule is O=S(=O)(c1cc(F)cc(F)c1)N1C[n+]2cccc3cccc1c32. The van der Waals surface area contributed by atoms with Crippen LogP contribution < -0.4 is 8.87 Å². The Kier molecular flexibility index (Phi) is 2.89. The third-order valence-electron chi connectivity index (χ3n) is 3.85. The number of pyridine rings is 1. The molecule has 4 nitrogen and oxygen atoms in total. The fraction of sp³-hybridized carbons (Fsp3) is 0.0625. The van der Waals surface area contributed by atoms with Crippen molar-refractivity contribution < 1.29 is 21.8 Å². The Balaban J connectivity index is 1.91. The summed E-state index contributed by atoms with van der Waals surface area (Å²) in [4.78, 5) is -0.402. The third-order valence-corrected chi connectivity index (χ3v) is 5.57. The highest BCUT2D eigenvalue weighted by atomic mass is 32.2. The zero-order valence-electron chi connectivity index (χ0n) is 11.8. The van der Waals surface area contributed by atoms with Crippen LogP contribution in [0.3, 0.4) is 0 Å². The van der Waals surface area contributed by atoms with E-state index in [1.165, 1.54) is 0 Å². The molecule has 116 valence electrons. The van der Waals surface area contributed by atoms with E-state index >= 15 is 0 Å². The maximum absolute atomic E-state index is 13.4. The van der Waals surface area contributed by atoms with Crippen LogP contribution in [0.2, 0.25) is 0 Å². The molecule has 0 bridgehead atoms. The molecular formula is C16H11F2N2O2S+. The Bertz CT molecular complexity index is 1030. The summed E-state index contributed by atoms with van der Waals surface area (Å²) in [5, 5.41) is 0.896. The Morgan fingerprint density at radius 2 is 1.70 bits per heavy atom. The number of para-hydroxylation sites is 1. The van der Waals surface area contributed by atoms with Gasteiger partial charge in [-0.05, 0) is 30.3 Å². The van der Waals surface area contributed by atoms with Gasteiger partial charge in [0.05, 0.1) is 4.90 Å². The van der Waals surface area contributed by atoms with Gasteiger partial charge in [-0.1, -0.05) is 6.07 Å². The van der Waals surface area contributed by atoms with Crippen LogP contribution in [0, 0.1) is 11.6 Å². The van der Waals surface area contributed by atoms with Crippen molar-refractivity contribution in [1.29, 1.82) is 0 Å². The lowest BCUT2D eigenvalue weighted by molar-refractivity contribution is -0.662. The van der Waals surface area contributed by atoms with Gasteiger partial charge in [0.15, 0.2) is 6.20 Å². The van der Waals surface area contributed by atoms with Crippen LogP contribution in [-0.4, -0.2) is 8.42 Å². The number of rotatable bonds is 2. The smallest absolute Gasteiger partial charge is 0.207 e. The molecule has 0 spiro atoms. The molecule has 0 aliphatic carbocycles. The first-order valence-corrected chi connectivity index (χ1v) is 8.31. The number of halogens is 2. The molecule has 0 radical (unpaired) electrons. The Morgan fingerprint density at radius 1 is 1.00 bits per heavy atom. The predicted octanol–water partition coefficient (Wildman–Crippen LogP) is 2.57. The minimum atomic E-state index is -4.07. The van der Waals surface area contributed by atoms with E-state index in [1.54, 1.807) is 22.9 Å². The van der Waals surface area contributed by atoms with Crippen LogP contribution in [0.1, 0.15) is 0 Å². The molecular weight excluding hydrogens is 322 g/mol. The molecule has 23 heavy (non-hydrogen) atoms. The van der Waals surface area contributed by atoms with Gasteiger partial charge >= 0.3 is 0 Å². The van der Waals surface area contributed by atoms with E-state index in [9.17, 15) is 17.2 Å². The number of benzene rings is 2. The minimum Gasteiger partial charge on any atom is -0.207 e. The number of hydrogen-bond acceptors (Lipinski definition) is 2. The van der Waals surface area contributed by atoms with Gasteiger partial charge in [-0.25, -0.2) is 21.5 Å². The predicted molar refractivity (Wildman–Crippen MR) is 80.2 cm³/mol. The fourth-order valence-corrected chi connectivity index (χ4v) is 4.33. The molecule has 0 N–H and O–H groups in total. The van der Waals surface area contributed by atoms with Crippen molar-refractivity contribution in [3.8, 4) is 0 Å². The quantitative estimate of drug-likeness (QED) is 0.677. The van der Waals surface area contributed by atoms with Crippen molar-refractivity contribution in [2.24, 2.45) is 0 Å². The zero-order chi connectivity index (χ0) is 16.2. The van der Waals surface area contributed by atoms with E-state index in [4.69, 9.17) is 0 Å². The van der Waals surface area contributed by atoms with Crippen molar-refractivity contribution in [2.45, 2.75) is 11.6 Å². The summed E-state index contributed by atoms with van der Waals surface area (Å²) >= 11 is 0. The van der Waals surface area contributed by atoms with E-state index < -0.39 is 26.6 Å². The molecule has 0 unspecified atom stereocenters. The van der Waals surface area contributed by atoms with Gasteiger partial charge < -0.3 is 0 Å². The Labute approximate surface area is 131 Å². The molecule has 0 saturated carbocycles. The second-order valence-corrected chi connectivity index (χ2v) is 7.16. The highest BCUT2D eigenvalue weighted by Gasteiger charge is 2.37. The van der Waals surface area contributed by atoms with E-state index in [0.717, 1.165) is 27.3 Å². The summed E-state index contributed by atoms with van der Waals surface area (Å²) in [6.07, 6.45) is 1.77. The van der Waals surface area contributed by atoms with Crippen LogP contribution in [0.25, 0.3) is 10.9 Å². The second kappa shape index (κ2) is 4.73. The topological polar surface area (TPSA) is 41.3 Å². The van der Waals surface area contributed by atoms with Crippen molar-refractivity contribution in [1.82, 2.24) is 0 Å². The van der Waals surface area contributed by atoms with Crippen molar-refractivity contribution in [3.05, 3.63) is 66.4 Å². The third kappa shape index (κ3) is 2.08. The van der Waals surface area contributed by atoms with Crippen molar-refractivity contribution >= 4 is 26.6 Å². The molecule has 1 aliphatic heterocycles. The summed E-state index contributed by atoms with van der Waals surface area (Å²) in [5.74, 6) is -1.85. The number of nitrogens with zero attached hydrogens (tertiary/aromatic N) is 2. The molecule has 3 aromatic rings. The number of sulfonamides is 1. The van der Waals surface area contributed by atoms with Gasteiger partial charge in [0.1, 0.15) is 17.3 Å². The summed E-state index contributed by atoms with van der Waals surface area (Å²) in [6.45, 7) is 0.0666. The van der Waals surface area contributed by atoms with Gasteiger partial charge in [0.2, 0.25) is 12.2 Å². The van der Waals surface area contributed by atoms with Crippen LogP contribution in [0.15, 0.2) is 59.6 Å². The summed E-state index contributed by atoms with van der Waals surface area (Å²) in [7, 11) is -4.07. The van der Waals surface area contributed by atoms with Crippen LogP contribution in [-0.2, 0) is 16.7 Å². The lowest BCUT2D eigenvalue weighted by Gasteiger charge is -2.15. The normalized spacial score (nSPS) is 13.7. The molecule has 7 heteroatoms. The van der Waals surface area contributed by atoms with Crippen LogP contribution >= 0.6 is 0 Å². The van der Waals surface area contributed by atoms with Crippen molar-refractivity contribution in [2.75, 3.05) is 4.31 Å². The summed E-state index contributed by atoms with van der Waals surface area (Å²) < 4.78 is 55.4. The average molecular weight is 333 g/mol. The highest BCUT2D eigenvalue weighted by molar-refractivity contribution is 7.92. The first-order chi connectivity index (χ1) is 11.0. The number of hydrogen-bond donors (Lipinski definition) is 0. The lowest BCUT2D eigenvalue weighted by atomic mass is 10.2. The summed E-state index contributed by atoms with van der Waals surface area (Å²) in [5.41, 5.74) is 1.27. The standard InChI is InChI=1S/C16H11F2N2O2S/c17-12-7-13(18)9-14(8-12)23(21,22)20-10-19-6-2-4-11-3-1-5-15(20)16(11)19/h1-9H,10H2/q+1. The first kappa shape index (κ1) is 14.1. The molecule has 1 aromatic heterocycles. The average Bonchev–Trinajstić information content (AvgIpc) is 2.89. The minimum absolute atomic E-state index is 0.0666. The Hall–Kier alpha value is -2.54. The maximum atomic E-state index is 13.4. The van der Waals surface area contributed by atoms with Gasteiger partial charge in [0, 0.05) is 17.5 Å². The largest absolute Gasteiger partial charge is 0.269 e. The van der Waals surface area contributed by atoms with Gasteiger partial charge in [0.25, 0.3) is 10.0 Å².